The molecule has 5 heteroatoms. The molecule has 1 heterocycles. The summed E-state index contributed by atoms with van der Waals surface area (Å²) in [6.45, 7) is 4.12. The van der Waals surface area contributed by atoms with E-state index in [9.17, 15) is 9.59 Å². The van der Waals surface area contributed by atoms with Gasteiger partial charge in [-0.2, -0.15) is 0 Å². The van der Waals surface area contributed by atoms with Gasteiger partial charge in [0, 0.05) is 0 Å². The Morgan fingerprint density at radius 1 is 0.667 bits per heavy atom. The normalized spacial score (nSPS) is 10.4. The van der Waals surface area contributed by atoms with Crippen LogP contribution in [0.15, 0.2) is 60.7 Å². The van der Waals surface area contributed by atoms with Crippen molar-refractivity contribution in [1.82, 2.24) is 0 Å². The molecule has 0 aliphatic carbocycles. The topological polar surface area (TPSA) is 52.6 Å². The molecule has 2 aromatic carbocycles. The van der Waals surface area contributed by atoms with E-state index in [1.807, 2.05) is 24.3 Å². The highest BCUT2D eigenvalue weighted by Gasteiger charge is 2.17. The largest absolute Gasteiger partial charge is 0.422 e. The van der Waals surface area contributed by atoms with E-state index in [2.05, 4.69) is 13.8 Å². The van der Waals surface area contributed by atoms with Gasteiger partial charge in [0.1, 0.15) is 21.3 Å². The minimum absolute atomic E-state index is 0.350. The van der Waals surface area contributed by atoms with Crippen LogP contribution in [0.2, 0.25) is 0 Å². The fourth-order valence-corrected chi connectivity index (χ4v) is 3.22. The second-order valence-electron chi connectivity index (χ2n) is 5.94. The molecule has 0 fully saturated rings. The first kappa shape index (κ1) is 18.9. The van der Waals surface area contributed by atoms with Gasteiger partial charge in [0.15, 0.2) is 0 Å². The number of esters is 2. The van der Waals surface area contributed by atoms with Crippen molar-refractivity contribution < 1.29 is 19.1 Å². The fourth-order valence-electron chi connectivity index (χ4n) is 2.46. The maximum absolute atomic E-state index is 12.3. The third-order valence-electron chi connectivity index (χ3n) is 4.09. The Bertz CT molecular complexity index is 848. The average molecular weight is 380 g/mol. The van der Waals surface area contributed by atoms with E-state index in [4.69, 9.17) is 9.47 Å². The molecule has 138 valence electrons. The maximum atomic E-state index is 12.3. The highest BCUT2D eigenvalue weighted by Crippen LogP contribution is 2.22. The van der Waals surface area contributed by atoms with Gasteiger partial charge in [-0.1, -0.05) is 38.1 Å². The predicted molar refractivity (Wildman–Crippen MR) is 106 cm³/mol. The first-order chi connectivity index (χ1) is 13.1. The third-order valence-corrected chi connectivity index (χ3v) is 5.14. The SMILES string of the molecule is CCc1ccc(OC(=O)c2ccc(C(=O)Oc3ccc(CC)cc3)s2)cc1. The van der Waals surface area contributed by atoms with E-state index in [1.54, 1.807) is 36.4 Å². The van der Waals surface area contributed by atoms with Crippen molar-refractivity contribution in [3.63, 3.8) is 0 Å². The summed E-state index contributed by atoms with van der Waals surface area (Å²) in [4.78, 5) is 25.2. The molecule has 0 aliphatic heterocycles. The summed E-state index contributed by atoms with van der Waals surface area (Å²) < 4.78 is 10.7. The highest BCUT2D eigenvalue weighted by molar-refractivity contribution is 7.15. The Balaban J connectivity index is 1.63. The van der Waals surface area contributed by atoms with Gasteiger partial charge in [0.25, 0.3) is 0 Å². The van der Waals surface area contributed by atoms with Crippen LogP contribution in [0, 0.1) is 0 Å². The number of ether oxygens (including phenoxy) is 2. The number of hydrogen-bond donors (Lipinski definition) is 0. The minimum Gasteiger partial charge on any atom is -0.422 e. The number of carbonyl (C=O) groups is 2. The van der Waals surface area contributed by atoms with Gasteiger partial charge in [0.05, 0.1) is 0 Å². The van der Waals surface area contributed by atoms with Crippen LogP contribution in [0.4, 0.5) is 0 Å². The van der Waals surface area contributed by atoms with Gasteiger partial charge in [-0.3, -0.25) is 0 Å². The van der Waals surface area contributed by atoms with Crippen LogP contribution in [0.3, 0.4) is 0 Å². The van der Waals surface area contributed by atoms with E-state index in [1.165, 1.54) is 11.1 Å². The van der Waals surface area contributed by atoms with Crippen molar-refractivity contribution in [3.8, 4) is 11.5 Å². The average Bonchev–Trinajstić information content (AvgIpc) is 3.20. The van der Waals surface area contributed by atoms with E-state index in [0.717, 1.165) is 24.2 Å². The third kappa shape index (κ3) is 4.83. The van der Waals surface area contributed by atoms with E-state index in [0.29, 0.717) is 21.3 Å². The Morgan fingerprint density at radius 3 is 1.37 bits per heavy atom. The number of thiophene rings is 1. The zero-order valence-corrected chi connectivity index (χ0v) is 16.0. The van der Waals surface area contributed by atoms with Crippen molar-refractivity contribution in [2.45, 2.75) is 26.7 Å². The van der Waals surface area contributed by atoms with Gasteiger partial charge in [-0.25, -0.2) is 9.59 Å². The summed E-state index contributed by atoms with van der Waals surface area (Å²) in [5.41, 5.74) is 2.34. The second-order valence-corrected chi connectivity index (χ2v) is 7.02. The summed E-state index contributed by atoms with van der Waals surface area (Å²) in [5, 5.41) is 0. The zero-order chi connectivity index (χ0) is 19.2. The van der Waals surface area contributed by atoms with Crippen LogP contribution in [0.25, 0.3) is 0 Å². The van der Waals surface area contributed by atoms with Crippen molar-refractivity contribution in [3.05, 3.63) is 81.5 Å². The molecule has 0 amide bonds. The standard InChI is InChI=1S/C22H20O4S/c1-3-15-5-9-17(10-6-15)25-21(23)19-13-14-20(27-19)22(24)26-18-11-7-16(4-2)8-12-18/h5-14H,3-4H2,1-2H3. The summed E-state index contributed by atoms with van der Waals surface area (Å²) in [7, 11) is 0. The number of aryl methyl sites for hydroxylation is 2. The smallest absolute Gasteiger partial charge is 0.353 e. The fraction of sp³-hybridized carbons (Fsp3) is 0.182. The zero-order valence-electron chi connectivity index (χ0n) is 15.2. The molecule has 0 unspecified atom stereocenters. The lowest BCUT2D eigenvalue weighted by molar-refractivity contribution is 0.0732. The minimum atomic E-state index is -0.490. The monoisotopic (exact) mass is 380 g/mol. The molecule has 0 atom stereocenters. The lowest BCUT2D eigenvalue weighted by Gasteiger charge is -2.04. The molecule has 0 saturated heterocycles. The summed E-state index contributed by atoms with van der Waals surface area (Å²) in [5.74, 6) is -0.0253. The first-order valence-electron chi connectivity index (χ1n) is 8.81. The van der Waals surface area contributed by atoms with Gasteiger partial charge in [-0.15, -0.1) is 11.3 Å². The number of benzene rings is 2. The van der Waals surface area contributed by atoms with Gasteiger partial charge in [-0.05, 0) is 60.4 Å². The van der Waals surface area contributed by atoms with Gasteiger partial charge < -0.3 is 9.47 Å². The molecular weight excluding hydrogens is 360 g/mol. The molecule has 1 aromatic heterocycles. The maximum Gasteiger partial charge on any atom is 0.353 e. The number of carbonyl (C=O) groups excluding carboxylic acids is 2. The Morgan fingerprint density at radius 2 is 1.04 bits per heavy atom. The van der Waals surface area contributed by atoms with Crippen molar-refractivity contribution >= 4 is 23.3 Å². The molecule has 3 aromatic rings. The molecule has 0 bridgehead atoms. The summed E-state index contributed by atoms with van der Waals surface area (Å²) in [6, 6.07) is 17.9. The van der Waals surface area contributed by atoms with E-state index in [-0.39, 0.29) is 0 Å². The van der Waals surface area contributed by atoms with Crippen LogP contribution in [-0.4, -0.2) is 11.9 Å². The van der Waals surface area contributed by atoms with Crippen molar-refractivity contribution in [2.24, 2.45) is 0 Å². The van der Waals surface area contributed by atoms with Gasteiger partial charge in [0.2, 0.25) is 0 Å². The van der Waals surface area contributed by atoms with Crippen molar-refractivity contribution in [2.75, 3.05) is 0 Å². The first-order valence-corrected chi connectivity index (χ1v) is 9.62. The molecule has 0 radical (unpaired) electrons. The van der Waals surface area contributed by atoms with Crippen molar-refractivity contribution in [1.29, 1.82) is 0 Å². The van der Waals surface area contributed by atoms with Crippen LogP contribution in [0.5, 0.6) is 11.5 Å². The van der Waals surface area contributed by atoms with Gasteiger partial charge >= 0.3 is 11.9 Å². The predicted octanol–water partition coefficient (Wildman–Crippen LogP) is 5.31. The molecule has 0 N–H and O–H groups in total. The van der Waals surface area contributed by atoms with Crippen LogP contribution in [0.1, 0.15) is 44.3 Å². The molecule has 4 nitrogen and oxygen atoms in total. The molecule has 0 saturated carbocycles. The number of rotatable bonds is 6. The Labute approximate surface area is 162 Å². The number of hydrogen-bond acceptors (Lipinski definition) is 5. The molecule has 0 aliphatic rings. The quantitative estimate of drug-likeness (QED) is 0.429. The van der Waals surface area contributed by atoms with Crippen LogP contribution >= 0.6 is 11.3 Å². The molecular formula is C22H20O4S. The molecule has 3 rings (SSSR count). The summed E-state index contributed by atoms with van der Waals surface area (Å²) >= 11 is 1.05. The van der Waals surface area contributed by atoms with E-state index < -0.39 is 11.9 Å². The molecule has 0 spiro atoms. The Hall–Kier alpha value is -2.92. The highest BCUT2D eigenvalue weighted by atomic mass is 32.1. The van der Waals surface area contributed by atoms with Crippen LogP contribution in [-0.2, 0) is 12.8 Å². The lowest BCUT2D eigenvalue weighted by atomic mass is 10.2. The second kappa shape index (κ2) is 8.64. The van der Waals surface area contributed by atoms with E-state index >= 15 is 0 Å². The lowest BCUT2D eigenvalue weighted by Crippen LogP contribution is -2.07. The van der Waals surface area contributed by atoms with Crippen LogP contribution < -0.4 is 9.47 Å². The summed E-state index contributed by atoms with van der Waals surface area (Å²) in [6.07, 6.45) is 1.84. The Kier molecular flexibility index (Phi) is 6.04. The molecule has 27 heavy (non-hydrogen) atoms.